The average molecular weight is 430 g/mol. The molecule has 1 aromatic carbocycles. The second-order valence-corrected chi connectivity index (χ2v) is 8.47. The molecule has 2 unspecified atom stereocenters. The highest BCUT2D eigenvalue weighted by molar-refractivity contribution is 6.33. The summed E-state index contributed by atoms with van der Waals surface area (Å²) in [5.41, 5.74) is 4.55. The van der Waals surface area contributed by atoms with Crippen LogP contribution in [0.25, 0.3) is 5.57 Å². The van der Waals surface area contributed by atoms with Crippen LogP contribution >= 0.6 is 0 Å². The summed E-state index contributed by atoms with van der Waals surface area (Å²) < 4.78 is 22.3. The van der Waals surface area contributed by atoms with Crippen LogP contribution in [0.15, 0.2) is 23.9 Å². The topological polar surface area (TPSA) is 81.3 Å². The molecule has 3 fully saturated rings. The third-order valence-corrected chi connectivity index (χ3v) is 6.61. The third kappa shape index (κ3) is 4.05. The molecule has 31 heavy (non-hydrogen) atoms. The number of rotatable bonds is 4. The highest BCUT2D eigenvalue weighted by Gasteiger charge is 2.40. The Balaban J connectivity index is 1.49. The van der Waals surface area contributed by atoms with Gasteiger partial charge in [0.25, 0.3) is 5.91 Å². The molecule has 2 N–H and O–H groups in total. The number of carbonyl (C=O) groups is 1. The van der Waals surface area contributed by atoms with Crippen LogP contribution in [0.2, 0.25) is 0 Å². The number of fused-ring (bicyclic) bond motifs is 1. The van der Waals surface area contributed by atoms with Crippen molar-refractivity contribution in [2.24, 2.45) is 0 Å². The molecule has 0 aromatic heterocycles. The highest BCUT2D eigenvalue weighted by Crippen LogP contribution is 2.42. The third-order valence-electron chi connectivity index (χ3n) is 6.61. The van der Waals surface area contributed by atoms with Gasteiger partial charge < -0.3 is 34.5 Å². The Bertz CT molecular complexity index is 844. The first kappa shape index (κ1) is 20.8. The molecule has 4 aliphatic heterocycles. The van der Waals surface area contributed by atoms with Gasteiger partial charge in [0.2, 0.25) is 0 Å². The molecule has 1 aromatic rings. The lowest BCUT2D eigenvalue weighted by Gasteiger charge is -2.32. The molecular weight excluding hydrogens is 398 g/mol. The number of carbonyl (C=O) groups excluding carboxylic acids is 1. The van der Waals surface area contributed by atoms with E-state index in [-0.39, 0.29) is 24.1 Å². The molecule has 0 bridgehead atoms. The van der Waals surface area contributed by atoms with Crippen molar-refractivity contribution in [3.63, 3.8) is 0 Å². The smallest absolute Gasteiger partial charge is 0.261 e. The summed E-state index contributed by atoms with van der Waals surface area (Å²) in [6.07, 6.45) is 2.60. The Kier molecular flexibility index (Phi) is 6.13. The summed E-state index contributed by atoms with van der Waals surface area (Å²) in [7, 11) is 1.72. The lowest BCUT2D eigenvalue weighted by molar-refractivity contribution is -0.113. The fourth-order valence-electron chi connectivity index (χ4n) is 4.96. The molecule has 3 saturated heterocycles. The standard InChI is InChI=1S/C23H31N3O5/c1-28-21-14-30-10-6-18(21)25-15-2-3-20-17(12-15)22(19-13-31-11-7-24-19)23(27)26(20)16-4-8-29-9-5-16/h2-3,12,16,18,21,24-25H,4-11,13-14H2,1H3/b22-19-. The van der Waals surface area contributed by atoms with Gasteiger partial charge in [-0.1, -0.05) is 0 Å². The predicted molar refractivity (Wildman–Crippen MR) is 117 cm³/mol. The zero-order valence-corrected chi connectivity index (χ0v) is 18.0. The van der Waals surface area contributed by atoms with Crippen molar-refractivity contribution in [3.05, 3.63) is 29.5 Å². The van der Waals surface area contributed by atoms with E-state index in [1.807, 2.05) is 4.90 Å². The molecule has 168 valence electrons. The first-order chi connectivity index (χ1) is 15.3. The summed E-state index contributed by atoms with van der Waals surface area (Å²) in [5.74, 6) is 0.0629. The van der Waals surface area contributed by atoms with E-state index in [2.05, 4.69) is 28.8 Å². The van der Waals surface area contributed by atoms with Crippen LogP contribution < -0.4 is 15.5 Å². The van der Waals surface area contributed by atoms with E-state index in [1.54, 1.807) is 7.11 Å². The number of nitrogens with one attached hydrogen (secondary N) is 2. The van der Waals surface area contributed by atoms with Crippen molar-refractivity contribution in [1.82, 2.24) is 5.32 Å². The Morgan fingerprint density at radius 2 is 1.94 bits per heavy atom. The van der Waals surface area contributed by atoms with Crippen molar-refractivity contribution in [2.75, 3.05) is 63.5 Å². The minimum absolute atomic E-state index is 0.00797. The van der Waals surface area contributed by atoms with Crippen LogP contribution in [0.1, 0.15) is 24.8 Å². The Morgan fingerprint density at radius 3 is 2.71 bits per heavy atom. The summed E-state index contributed by atoms with van der Waals surface area (Å²) in [4.78, 5) is 15.6. The molecule has 0 saturated carbocycles. The number of methoxy groups -OCH3 is 1. The molecule has 4 heterocycles. The molecule has 0 spiro atoms. The van der Waals surface area contributed by atoms with Crippen LogP contribution in [0.4, 0.5) is 11.4 Å². The number of morpholine rings is 1. The highest BCUT2D eigenvalue weighted by atomic mass is 16.5. The number of hydrogen-bond acceptors (Lipinski definition) is 7. The lowest BCUT2D eigenvalue weighted by Crippen LogP contribution is -2.43. The zero-order valence-electron chi connectivity index (χ0n) is 18.0. The van der Waals surface area contributed by atoms with E-state index in [1.165, 1.54) is 0 Å². The molecule has 8 nitrogen and oxygen atoms in total. The number of anilines is 2. The average Bonchev–Trinajstić information content (AvgIpc) is 3.11. The van der Waals surface area contributed by atoms with Crippen LogP contribution in [0, 0.1) is 0 Å². The van der Waals surface area contributed by atoms with Crippen molar-refractivity contribution >= 4 is 22.9 Å². The van der Waals surface area contributed by atoms with E-state index in [4.69, 9.17) is 18.9 Å². The Labute approximate surface area is 182 Å². The predicted octanol–water partition coefficient (Wildman–Crippen LogP) is 1.76. The maximum Gasteiger partial charge on any atom is 0.261 e. The number of benzene rings is 1. The van der Waals surface area contributed by atoms with Crippen LogP contribution in [-0.4, -0.2) is 77.4 Å². The molecule has 0 radical (unpaired) electrons. The zero-order chi connectivity index (χ0) is 21.2. The van der Waals surface area contributed by atoms with Gasteiger partial charge in [-0.05, 0) is 37.5 Å². The minimum atomic E-state index is 0.00797. The van der Waals surface area contributed by atoms with Crippen molar-refractivity contribution < 1.29 is 23.7 Å². The number of ether oxygens (including phenoxy) is 4. The molecule has 1 amide bonds. The fourth-order valence-corrected chi connectivity index (χ4v) is 4.96. The van der Waals surface area contributed by atoms with Gasteiger partial charge in [0.15, 0.2) is 0 Å². The van der Waals surface area contributed by atoms with Crippen LogP contribution in [0.3, 0.4) is 0 Å². The van der Waals surface area contributed by atoms with Crippen LogP contribution in [0.5, 0.6) is 0 Å². The van der Waals surface area contributed by atoms with Gasteiger partial charge in [0.05, 0.1) is 42.8 Å². The molecule has 0 aliphatic carbocycles. The Hall–Kier alpha value is -2.13. The van der Waals surface area contributed by atoms with Gasteiger partial charge >= 0.3 is 0 Å². The first-order valence-corrected chi connectivity index (χ1v) is 11.2. The molecule has 5 rings (SSSR count). The van der Waals surface area contributed by atoms with E-state index >= 15 is 0 Å². The number of amides is 1. The van der Waals surface area contributed by atoms with E-state index in [9.17, 15) is 4.79 Å². The molecule has 2 atom stereocenters. The van der Waals surface area contributed by atoms with E-state index < -0.39 is 0 Å². The van der Waals surface area contributed by atoms with Gasteiger partial charge in [-0.25, -0.2) is 0 Å². The van der Waals surface area contributed by atoms with E-state index in [0.717, 1.165) is 54.1 Å². The fraction of sp³-hybridized carbons (Fsp3) is 0.609. The quantitative estimate of drug-likeness (QED) is 0.706. The van der Waals surface area contributed by atoms with Crippen molar-refractivity contribution in [1.29, 1.82) is 0 Å². The summed E-state index contributed by atoms with van der Waals surface area (Å²) >= 11 is 0. The second-order valence-electron chi connectivity index (χ2n) is 8.47. The van der Waals surface area contributed by atoms with Crippen molar-refractivity contribution in [3.8, 4) is 0 Å². The maximum atomic E-state index is 13.6. The first-order valence-electron chi connectivity index (χ1n) is 11.2. The molecule has 8 heteroatoms. The van der Waals surface area contributed by atoms with E-state index in [0.29, 0.717) is 39.6 Å². The normalized spacial score (nSPS) is 29.6. The van der Waals surface area contributed by atoms with Crippen LogP contribution in [-0.2, 0) is 23.7 Å². The Morgan fingerprint density at radius 1 is 1.10 bits per heavy atom. The van der Waals surface area contributed by atoms with Gasteiger partial charge in [0.1, 0.15) is 6.10 Å². The SMILES string of the molecule is COC1COCCC1Nc1ccc2c(c1)/C(=C1\COCCN1)C(=O)N2C1CCOCC1. The van der Waals surface area contributed by atoms with Crippen molar-refractivity contribution in [2.45, 2.75) is 37.5 Å². The summed E-state index contributed by atoms with van der Waals surface area (Å²) in [6.45, 7) is 4.50. The van der Waals surface area contributed by atoms with Gasteiger partial charge in [-0.2, -0.15) is 0 Å². The molecule has 4 aliphatic rings. The van der Waals surface area contributed by atoms with Gasteiger partial charge in [-0.3, -0.25) is 4.79 Å². The van der Waals surface area contributed by atoms with Gasteiger partial charge in [0, 0.05) is 50.8 Å². The largest absolute Gasteiger partial charge is 0.383 e. The summed E-state index contributed by atoms with van der Waals surface area (Å²) in [5, 5.41) is 7.01. The monoisotopic (exact) mass is 429 g/mol. The lowest BCUT2D eigenvalue weighted by atomic mass is 10.0. The number of hydrogen-bond donors (Lipinski definition) is 2. The summed E-state index contributed by atoms with van der Waals surface area (Å²) in [6, 6.07) is 6.58. The van der Waals surface area contributed by atoms with Gasteiger partial charge in [-0.15, -0.1) is 0 Å². The molecular formula is C23H31N3O5. The number of nitrogens with zero attached hydrogens (tertiary/aromatic N) is 1. The minimum Gasteiger partial charge on any atom is -0.383 e. The second kappa shape index (κ2) is 9.16. The maximum absolute atomic E-state index is 13.6.